The van der Waals surface area contributed by atoms with Crippen molar-refractivity contribution in [3.8, 4) is 0 Å². The molecule has 1 amide bonds. The second kappa shape index (κ2) is 6.19. The third-order valence-corrected chi connectivity index (χ3v) is 5.12. The largest absolute Gasteiger partial charge is 0.398 e. The van der Waals surface area contributed by atoms with E-state index < -0.39 is 0 Å². The van der Waals surface area contributed by atoms with Gasteiger partial charge in [-0.3, -0.25) is 4.79 Å². The summed E-state index contributed by atoms with van der Waals surface area (Å²) < 4.78 is 0. The molecule has 4 nitrogen and oxygen atoms in total. The Bertz CT molecular complexity index is 771. The minimum absolute atomic E-state index is 0.178. The summed E-state index contributed by atoms with van der Waals surface area (Å²) in [5, 5.41) is 0. The van der Waals surface area contributed by atoms with Crippen LogP contribution < -0.4 is 15.5 Å². The highest BCUT2D eigenvalue weighted by molar-refractivity contribution is 5.97. The van der Waals surface area contributed by atoms with Crippen LogP contribution in [0.2, 0.25) is 0 Å². The van der Waals surface area contributed by atoms with Crippen molar-refractivity contribution in [3.63, 3.8) is 0 Å². The van der Waals surface area contributed by atoms with Crippen LogP contribution in [0.4, 0.5) is 17.1 Å². The predicted molar refractivity (Wildman–Crippen MR) is 98.5 cm³/mol. The summed E-state index contributed by atoms with van der Waals surface area (Å²) in [5.41, 5.74) is 11.6. The van der Waals surface area contributed by atoms with E-state index in [1.165, 1.54) is 11.1 Å². The molecule has 2 aromatic rings. The quantitative estimate of drug-likeness (QED) is 0.865. The Hall–Kier alpha value is -2.49. The number of nitrogen functional groups attached to an aromatic ring is 1. The molecule has 0 spiro atoms. The molecule has 2 aliphatic rings. The van der Waals surface area contributed by atoms with Crippen molar-refractivity contribution in [2.24, 2.45) is 0 Å². The first-order valence-electron chi connectivity index (χ1n) is 8.74. The highest BCUT2D eigenvalue weighted by Gasteiger charge is 2.26. The fraction of sp³-hybridized carbons (Fsp3) is 0.350. The predicted octanol–water partition coefficient (Wildman–Crippen LogP) is 3.00. The fourth-order valence-corrected chi connectivity index (χ4v) is 3.93. The first kappa shape index (κ1) is 15.1. The second-order valence-corrected chi connectivity index (χ2v) is 6.65. The van der Waals surface area contributed by atoms with E-state index in [9.17, 15) is 4.79 Å². The van der Waals surface area contributed by atoms with E-state index in [1.54, 1.807) is 0 Å². The summed E-state index contributed by atoms with van der Waals surface area (Å²) in [6.45, 7) is 2.15. The van der Waals surface area contributed by atoms with Gasteiger partial charge in [-0.15, -0.1) is 0 Å². The molecule has 0 atom stereocenters. The third kappa shape index (κ3) is 2.62. The molecule has 4 rings (SSSR count). The summed E-state index contributed by atoms with van der Waals surface area (Å²) in [7, 11) is 0. The average Bonchev–Trinajstić information content (AvgIpc) is 2.62. The average molecular weight is 321 g/mol. The number of benzene rings is 2. The van der Waals surface area contributed by atoms with Crippen molar-refractivity contribution in [1.29, 1.82) is 0 Å². The highest BCUT2D eigenvalue weighted by Crippen LogP contribution is 2.32. The number of amides is 1. The SMILES string of the molecule is Nc1cccc2c1CCCN2CC(=O)N1CCCc2ccccc21. The van der Waals surface area contributed by atoms with Gasteiger partial charge < -0.3 is 15.5 Å². The summed E-state index contributed by atoms with van der Waals surface area (Å²) in [6, 6.07) is 14.3. The van der Waals surface area contributed by atoms with Crippen molar-refractivity contribution >= 4 is 23.0 Å². The van der Waals surface area contributed by atoms with Crippen LogP contribution in [0.3, 0.4) is 0 Å². The van der Waals surface area contributed by atoms with Gasteiger partial charge in [-0.2, -0.15) is 0 Å². The van der Waals surface area contributed by atoms with Crippen LogP contribution in [0.5, 0.6) is 0 Å². The maximum absolute atomic E-state index is 13.0. The van der Waals surface area contributed by atoms with Crippen molar-refractivity contribution in [2.75, 3.05) is 35.2 Å². The molecule has 2 N–H and O–H groups in total. The van der Waals surface area contributed by atoms with Gasteiger partial charge in [0.15, 0.2) is 0 Å². The number of carbonyl (C=O) groups excluding carboxylic acids is 1. The van der Waals surface area contributed by atoms with Crippen LogP contribution in [0.1, 0.15) is 24.0 Å². The zero-order chi connectivity index (χ0) is 16.5. The fourth-order valence-electron chi connectivity index (χ4n) is 3.93. The molecule has 24 heavy (non-hydrogen) atoms. The summed E-state index contributed by atoms with van der Waals surface area (Å²) in [6.07, 6.45) is 4.14. The molecular formula is C20H23N3O. The standard InChI is InChI=1S/C20H23N3O/c21-17-9-3-11-19-16(17)8-5-12-22(19)14-20(24)23-13-4-7-15-6-1-2-10-18(15)23/h1-3,6,9-11H,4-5,7-8,12-14,21H2. The summed E-state index contributed by atoms with van der Waals surface area (Å²) in [5.74, 6) is 0.178. The monoisotopic (exact) mass is 321 g/mol. The molecule has 0 aromatic heterocycles. The Labute approximate surface area is 142 Å². The number of hydrogen-bond donors (Lipinski definition) is 1. The number of aryl methyl sites for hydroxylation is 1. The number of carbonyl (C=O) groups is 1. The lowest BCUT2D eigenvalue weighted by Crippen LogP contribution is -2.44. The first-order chi connectivity index (χ1) is 11.7. The molecule has 0 saturated carbocycles. The minimum Gasteiger partial charge on any atom is -0.398 e. The van der Waals surface area contributed by atoms with Crippen LogP contribution in [0, 0.1) is 0 Å². The van der Waals surface area contributed by atoms with E-state index in [4.69, 9.17) is 5.73 Å². The Kier molecular flexibility index (Phi) is 3.89. The van der Waals surface area contributed by atoms with Gasteiger partial charge in [0.1, 0.15) is 0 Å². The normalized spacial score (nSPS) is 16.5. The molecule has 2 aliphatic heterocycles. The van der Waals surface area contributed by atoms with Crippen molar-refractivity contribution < 1.29 is 4.79 Å². The topological polar surface area (TPSA) is 49.6 Å². The van der Waals surface area contributed by atoms with Crippen molar-refractivity contribution in [3.05, 3.63) is 53.6 Å². The van der Waals surface area contributed by atoms with Gasteiger partial charge in [0.25, 0.3) is 0 Å². The van der Waals surface area contributed by atoms with Gasteiger partial charge >= 0.3 is 0 Å². The molecule has 124 valence electrons. The van der Waals surface area contributed by atoms with Gasteiger partial charge in [0.05, 0.1) is 6.54 Å². The number of rotatable bonds is 2. The number of para-hydroxylation sites is 1. The van der Waals surface area contributed by atoms with Gasteiger partial charge in [-0.25, -0.2) is 0 Å². The Morgan fingerprint density at radius 3 is 2.67 bits per heavy atom. The Morgan fingerprint density at radius 1 is 0.958 bits per heavy atom. The lowest BCUT2D eigenvalue weighted by molar-refractivity contribution is -0.117. The molecule has 0 fully saturated rings. The maximum Gasteiger partial charge on any atom is 0.246 e. The first-order valence-corrected chi connectivity index (χ1v) is 8.74. The number of hydrogen-bond acceptors (Lipinski definition) is 3. The van der Waals surface area contributed by atoms with E-state index in [2.05, 4.69) is 29.2 Å². The number of fused-ring (bicyclic) bond motifs is 2. The Balaban J connectivity index is 1.57. The summed E-state index contributed by atoms with van der Waals surface area (Å²) in [4.78, 5) is 17.1. The molecule has 0 aliphatic carbocycles. The van der Waals surface area contributed by atoms with Gasteiger partial charge in [0, 0.05) is 30.2 Å². The lowest BCUT2D eigenvalue weighted by atomic mass is 9.99. The van der Waals surface area contributed by atoms with Crippen LogP contribution in [0.15, 0.2) is 42.5 Å². The minimum atomic E-state index is 0.178. The molecule has 0 bridgehead atoms. The van der Waals surface area contributed by atoms with E-state index >= 15 is 0 Å². The second-order valence-electron chi connectivity index (χ2n) is 6.65. The van der Waals surface area contributed by atoms with Crippen LogP contribution in [-0.2, 0) is 17.6 Å². The zero-order valence-corrected chi connectivity index (χ0v) is 13.9. The molecule has 2 aromatic carbocycles. The van der Waals surface area contributed by atoms with Gasteiger partial charge in [-0.05, 0) is 55.0 Å². The zero-order valence-electron chi connectivity index (χ0n) is 13.9. The third-order valence-electron chi connectivity index (χ3n) is 5.12. The van der Waals surface area contributed by atoms with E-state index in [1.807, 2.05) is 23.1 Å². The number of nitrogens with two attached hydrogens (primary N) is 1. The molecule has 2 heterocycles. The molecular weight excluding hydrogens is 298 g/mol. The van der Waals surface area contributed by atoms with Crippen molar-refractivity contribution in [2.45, 2.75) is 25.7 Å². The maximum atomic E-state index is 13.0. The van der Waals surface area contributed by atoms with E-state index in [0.29, 0.717) is 6.54 Å². The van der Waals surface area contributed by atoms with Crippen LogP contribution >= 0.6 is 0 Å². The van der Waals surface area contributed by atoms with Crippen molar-refractivity contribution in [1.82, 2.24) is 0 Å². The highest BCUT2D eigenvalue weighted by atomic mass is 16.2. The Morgan fingerprint density at radius 2 is 1.75 bits per heavy atom. The van der Waals surface area contributed by atoms with Gasteiger partial charge in [0.2, 0.25) is 5.91 Å². The molecule has 4 heteroatoms. The van der Waals surface area contributed by atoms with Crippen LogP contribution in [-0.4, -0.2) is 25.5 Å². The number of anilines is 3. The smallest absolute Gasteiger partial charge is 0.246 e. The summed E-state index contributed by atoms with van der Waals surface area (Å²) >= 11 is 0. The van der Waals surface area contributed by atoms with Gasteiger partial charge in [-0.1, -0.05) is 24.3 Å². The molecule has 0 radical (unpaired) electrons. The molecule has 0 unspecified atom stereocenters. The lowest BCUT2D eigenvalue weighted by Gasteiger charge is -2.35. The van der Waals surface area contributed by atoms with E-state index in [0.717, 1.165) is 55.8 Å². The van der Waals surface area contributed by atoms with Crippen LogP contribution in [0.25, 0.3) is 0 Å². The van der Waals surface area contributed by atoms with E-state index in [-0.39, 0.29) is 5.91 Å². The molecule has 0 saturated heterocycles. The number of nitrogens with zero attached hydrogens (tertiary/aromatic N) is 2.